The molecule has 3 rings (SSSR count). The second kappa shape index (κ2) is 5.75. The third-order valence-corrected chi connectivity index (χ3v) is 5.02. The second-order valence-electron chi connectivity index (χ2n) is 4.44. The summed E-state index contributed by atoms with van der Waals surface area (Å²) in [7, 11) is 1.91. The molecule has 1 amide bonds. The van der Waals surface area contributed by atoms with Crippen LogP contribution >= 0.6 is 22.7 Å². The predicted molar refractivity (Wildman–Crippen MR) is 86.9 cm³/mol. The van der Waals surface area contributed by atoms with Crippen LogP contribution in [0, 0.1) is 0 Å². The van der Waals surface area contributed by atoms with Gasteiger partial charge >= 0.3 is 0 Å². The van der Waals surface area contributed by atoms with E-state index in [1.807, 2.05) is 42.8 Å². The molecule has 5 heteroatoms. The molecule has 0 atom stereocenters. The number of nitrogens with one attached hydrogen (secondary N) is 2. The summed E-state index contributed by atoms with van der Waals surface area (Å²) in [5.74, 6) is -0.0417. The Morgan fingerprint density at radius 2 is 2.10 bits per heavy atom. The Hall–Kier alpha value is -1.69. The molecule has 2 N–H and O–H groups in total. The number of fused-ring (bicyclic) bond motifs is 1. The number of rotatable bonds is 4. The van der Waals surface area contributed by atoms with Crippen LogP contribution in [0.4, 0.5) is 5.69 Å². The average molecular weight is 302 g/mol. The van der Waals surface area contributed by atoms with Crippen molar-refractivity contribution in [2.24, 2.45) is 0 Å². The van der Waals surface area contributed by atoms with Gasteiger partial charge in [0.1, 0.15) is 0 Å². The Morgan fingerprint density at radius 1 is 1.20 bits per heavy atom. The summed E-state index contributed by atoms with van der Waals surface area (Å²) in [5.41, 5.74) is 1.98. The van der Waals surface area contributed by atoms with Crippen LogP contribution < -0.4 is 10.6 Å². The molecule has 0 bridgehead atoms. The molecule has 1 aromatic carbocycles. The summed E-state index contributed by atoms with van der Waals surface area (Å²) < 4.78 is 2.34. The Bertz CT molecular complexity index is 717. The minimum Gasteiger partial charge on any atom is -0.321 e. The number of thiophene rings is 2. The average Bonchev–Trinajstić information content (AvgIpc) is 3.00. The molecule has 0 aliphatic heterocycles. The summed E-state index contributed by atoms with van der Waals surface area (Å²) >= 11 is 3.19. The second-order valence-corrected chi connectivity index (χ2v) is 6.48. The van der Waals surface area contributed by atoms with Gasteiger partial charge in [0.05, 0.1) is 4.88 Å². The van der Waals surface area contributed by atoms with E-state index in [0.29, 0.717) is 0 Å². The van der Waals surface area contributed by atoms with Crippen LogP contribution in [0.5, 0.6) is 0 Å². The van der Waals surface area contributed by atoms with Gasteiger partial charge in [-0.1, -0.05) is 12.1 Å². The normalized spacial score (nSPS) is 10.8. The Labute approximate surface area is 125 Å². The maximum Gasteiger partial charge on any atom is 0.265 e. The van der Waals surface area contributed by atoms with Crippen molar-refractivity contribution >= 4 is 43.7 Å². The minimum absolute atomic E-state index is 0.0417. The maximum atomic E-state index is 12.2. The summed E-state index contributed by atoms with van der Waals surface area (Å²) in [6, 6.07) is 11.9. The van der Waals surface area contributed by atoms with Gasteiger partial charge in [-0.3, -0.25) is 4.79 Å². The van der Waals surface area contributed by atoms with Gasteiger partial charge in [0.25, 0.3) is 5.91 Å². The molecule has 102 valence electrons. The van der Waals surface area contributed by atoms with Crippen molar-refractivity contribution < 1.29 is 4.79 Å². The first kappa shape index (κ1) is 13.3. The fourth-order valence-corrected chi connectivity index (χ4v) is 4.04. The van der Waals surface area contributed by atoms with Gasteiger partial charge in [-0.05, 0) is 42.3 Å². The highest BCUT2D eigenvalue weighted by Crippen LogP contribution is 2.30. The lowest BCUT2D eigenvalue weighted by molar-refractivity contribution is 0.103. The fourth-order valence-electron chi connectivity index (χ4n) is 2.03. The van der Waals surface area contributed by atoms with Crippen LogP contribution in [0.1, 0.15) is 15.2 Å². The van der Waals surface area contributed by atoms with Crippen molar-refractivity contribution in [3.8, 4) is 0 Å². The number of hydrogen-bond donors (Lipinski definition) is 2. The van der Waals surface area contributed by atoms with Gasteiger partial charge in [0.2, 0.25) is 0 Å². The van der Waals surface area contributed by atoms with Gasteiger partial charge in [0, 0.05) is 21.6 Å². The monoisotopic (exact) mass is 302 g/mol. The van der Waals surface area contributed by atoms with Crippen LogP contribution in [0.25, 0.3) is 9.40 Å². The van der Waals surface area contributed by atoms with Crippen molar-refractivity contribution in [2.75, 3.05) is 12.4 Å². The molecule has 3 aromatic rings. The lowest BCUT2D eigenvalue weighted by Gasteiger charge is -2.06. The van der Waals surface area contributed by atoms with Crippen LogP contribution in [-0.4, -0.2) is 13.0 Å². The number of amides is 1. The van der Waals surface area contributed by atoms with Gasteiger partial charge in [0.15, 0.2) is 0 Å². The van der Waals surface area contributed by atoms with E-state index in [9.17, 15) is 4.79 Å². The zero-order valence-corrected chi connectivity index (χ0v) is 12.6. The van der Waals surface area contributed by atoms with E-state index in [1.165, 1.54) is 20.7 Å². The predicted octanol–water partition coefficient (Wildman–Crippen LogP) is 3.93. The summed E-state index contributed by atoms with van der Waals surface area (Å²) in [4.78, 5) is 13.0. The smallest absolute Gasteiger partial charge is 0.265 e. The number of carbonyl (C=O) groups is 1. The third kappa shape index (κ3) is 2.75. The lowest BCUT2D eigenvalue weighted by Crippen LogP contribution is -2.11. The zero-order chi connectivity index (χ0) is 13.9. The van der Waals surface area contributed by atoms with Gasteiger partial charge in [-0.15, -0.1) is 22.7 Å². The molecule has 3 nitrogen and oxygen atoms in total. The fraction of sp³-hybridized carbons (Fsp3) is 0.133. The quantitative estimate of drug-likeness (QED) is 0.766. The number of benzene rings is 1. The molecule has 0 fully saturated rings. The molecule has 0 spiro atoms. The standard InChI is InChI=1S/C15H14N2OS2/c1-16-9-10-3-2-4-11(7-10)17-15(18)14-8-13-12(20-14)5-6-19-13/h2-8,16H,9H2,1H3,(H,17,18). The van der Waals surface area contributed by atoms with Crippen molar-refractivity contribution in [3.63, 3.8) is 0 Å². The summed E-state index contributed by atoms with van der Waals surface area (Å²) in [5, 5.41) is 8.10. The van der Waals surface area contributed by atoms with E-state index in [1.54, 1.807) is 11.3 Å². The van der Waals surface area contributed by atoms with Gasteiger partial charge < -0.3 is 10.6 Å². The first-order chi connectivity index (χ1) is 9.76. The maximum absolute atomic E-state index is 12.2. The van der Waals surface area contributed by atoms with Crippen LogP contribution in [-0.2, 0) is 6.54 Å². The van der Waals surface area contributed by atoms with Crippen LogP contribution in [0.15, 0.2) is 41.8 Å². The first-order valence-electron chi connectivity index (χ1n) is 6.28. The van der Waals surface area contributed by atoms with Gasteiger partial charge in [-0.2, -0.15) is 0 Å². The third-order valence-electron chi connectivity index (χ3n) is 2.93. The number of hydrogen-bond acceptors (Lipinski definition) is 4. The Kier molecular flexibility index (Phi) is 3.82. The topological polar surface area (TPSA) is 41.1 Å². The zero-order valence-electron chi connectivity index (χ0n) is 11.0. The highest BCUT2D eigenvalue weighted by molar-refractivity contribution is 7.27. The number of carbonyl (C=O) groups excluding carboxylic acids is 1. The van der Waals surface area contributed by atoms with E-state index in [-0.39, 0.29) is 5.91 Å². The van der Waals surface area contributed by atoms with E-state index in [4.69, 9.17) is 0 Å². The Morgan fingerprint density at radius 3 is 2.90 bits per heavy atom. The molecular formula is C15H14N2OS2. The van der Waals surface area contributed by atoms with Crippen molar-refractivity contribution in [3.05, 3.63) is 52.2 Å². The Balaban J connectivity index is 1.78. The molecule has 2 aromatic heterocycles. The molecular weight excluding hydrogens is 288 g/mol. The SMILES string of the molecule is CNCc1cccc(NC(=O)c2cc3sccc3s2)c1. The highest BCUT2D eigenvalue weighted by atomic mass is 32.1. The molecule has 0 aliphatic carbocycles. The molecule has 0 radical (unpaired) electrons. The summed E-state index contributed by atoms with van der Waals surface area (Å²) in [6.45, 7) is 0.790. The van der Waals surface area contributed by atoms with Crippen LogP contribution in [0.3, 0.4) is 0 Å². The largest absolute Gasteiger partial charge is 0.321 e. The molecule has 20 heavy (non-hydrogen) atoms. The summed E-state index contributed by atoms with van der Waals surface area (Å²) in [6.07, 6.45) is 0. The molecule has 0 saturated carbocycles. The van der Waals surface area contributed by atoms with E-state index in [0.717, 1.165) is 22.7 Å². The minimum atomic E-state index is -0.0417. The first-order valence-corrected chi connectivity index (χ1v) is 7.98. The molecule has 2 heterocycles. The highest BCUT2D eigenvalue weighted by Gasteiger charge is 2.11. The van der Waals surface area contributed by atoms with E-state index in [2.05, 4.69) is 16.7 Å². The number of anilines is 1. The van der Waals surface area contributed by atoms with E-state index >= 15 is 0 Å². The van der Waals surface area contributed by atoms with Crippen molar-refractivity contribution in [1.82, 2.24) is 5.32 Å². The molecule has 0 unspecified atom stereocenters. The van der Waals surface area contributed by atoms with Crippen molar-refractivity contribution in [1.29, 1.82) is 0 Å². The molecule has 0 saturated heterocycles. The van der Waals surface area contributed by atoms with Crippen molar-refractivity contribution in [2.45, 2.75) is 6.54 Å². The van der Waals surface area contributed by atoms with Crippen LogP contribution in [0.2, 0.25) is 0 Å². The molecule has 0 aliphatic rings. The van der Waals surface area contributed by atoms with E-state index < -0.39 is 0 Å². The lowest BCUT2D eigenvalue weighted by atomic mass is 10.2. The van der Waals surface area contributed by atoms with Gasteiger partial charge in [-0.25, -0.2) is 0 Å².